The first-order valence-corrected chi connectivity index (χ1v) is 6.02. The summed E-state index contributed by atoms with van der Waals surface area (Å²) in [6, 6.07) is 8.79. The first-order chi connectivity index (χ1) is 8.97. The SMILES string of the molecule is Cc1cc(C)nc(NC(=O)c2cccc(C)c2O)c1. The molecule has 0 aliphatic heterocycles. The number of nitrogens with zero attached hydrogens (tertiary/aromatic N) is 1. The molecule has 0 saturated carbocycles. The molecule has 0 unspecified atom stereocenters. The van der Waals surface area contributed by atoms with Gasteiger partial charge >= 0.3 is 0 Å². The summed E-state index contributed by atoms with van der Waals surface area (Å²) >= 11 is 0. The zero-order valence-corrected chi connectivity index (χ0v) is 11.2. The van der Waals surface area contributed by atoms with E-state index in [-0.39, 0.29) is 17.2 Å². The number of rotatable bonds is 2. The molecular formula is C15H16N2O2. The van der Waals surface area contributed by atoms with Crippen LogP contribution in [-0.4, -0.2) is 16.0 Å². The van der Waals surface area contributed by atoms with Crippen molar-refractivity contribution < 1.29 is 9.90 Å². The van der Waals surface area contributed by atoms with Crippen LogP contribution in [-0.2, 0) is 0 Å². The summed E-state index contributed by atoms with van der Waals surface area (Å²) < 4.78 is 0. The third-order valence-corrected chi connectivity index (χ3v) is 2.82. The lowest BCUT2D eigenvalue weighted by molar-refractivity contribution is 0.102. The van der Waals surface area contributed by atoms with Crippen molar-refractivity contribution in [1.29, 1.82) is 0 Å². The van der Waals surface area contributed by atoms with Crippen LogP contribution in [0.25, 0.3) is 0 Å². The van der Waals surface area contributed by atoms with Gasteiger partial charge in [0.2, 0.25) is 0 Å². The maximum atomic E-state index is 12.1. The molecule has 2 N–H and O–H groups in total. The molecule has 0 aliphatic carbocycles. The number of carbonyl (C=O) groups excluding carboxylic acids is 1. The number of amides is 1. The van der Waals surface area contributed by atoms with Crippen molar-refractivity contribution >= 4 is 11.7 Å². The number of aryl methyl sites for hydroxylation is 3. The Bertz CT molecular complexity index is 616. The summed E-state index contributed by atoms with van der Waals surface area (Å²) in [7, 11) is 0. The Hall–Kier alpha value is -2.36. The van der Waals surface area contributed by atoms with Crippen molar-refractivity contribution in [2.24, 2.45) is 0 Å². The second-order valence-electron chi connectivity index (χ2n) is 4.60. The number of pyridine rings is 1. The zero-order valence-electron chi connectivity index (χ0n) is 11.2. The van der Waals surface area contributed by atoms with Gasteiger partial charge in [0.15, 0.2) is 0 Å². The number of hydrogen-bond acceptors (Lipinski definition) is 3. The molecule has 0 atom stereocenters. The Labute approximate surface area is 112 Å². The molecule has 0 aliphatic rings. The number of aromatic hydroxyl groups is 1. The van der Waals surface area contributed by atoms with Crippen LogP contribution in [0.3, 0.4) is 0 Å². The second kappa shape index (κ2) is 5.10. The minimum absolute atomic E-state index is 0.00405. The summed E-state index contributed by atoms with van der Waals surface area (Å²) in [5, 5.41) is 12.6. The summed E-state index contributed by atoms with van der Waals surface area (Å²) in [6.45, 7) is 5.56. The molecule has 19 heavy (non-hydrogen) atoms. The van der Waals surface area contributed by atoms with Crippen LogP contribution in [0.1, 0.15) is 27.2 Å². The molecule has 0 saturated heterocycles. The minimum Gasteiger partial charge on any atom is -0.507 e. The van der Waals surface area contributed by atoms with Gasteiger partial charge in [0.1, 0.15) is 11.6 Å². The molecule has 4 heteroatoms. The third kappa shape index (κ3) is 2.91. The summed E-state index contributed by atoms with van der Waals surface area (Å²) in [4.78, 5) is 16.3. The number of phenols is 1. The molecule has 1 aromatic carbocycles. The largest absolute Gasteiger partial charge is 0.507 e. The quantitative estimate of drug-likeness (QED) is 0.868. The summed E-state index contributed by atoms with van der Waals surface area (Å²) in [5.41, 5.74) is 2.78. The van der Waals surface area contributed by atoms with Gasteiger partial charge in [-0.1, -0.05) is 12.1 Å². The number of para-hydroxylation sites is 1. The lowest BCUT2D eigenvalue weighted by Crippen LogP contribution is -2.13. The van der Waals surface area contributed by atoms with Gasteiger partial charge < -0.3 is 10.4 Å². The number of anilines is 1. The van der Waals surface area contributed by atoms with Crippen molar-refractivity contribution in [3.63, 3.8) is 0 Å². The van der Waals surface area contributed by atoms with Crippen LogP contribution < -0.4 is 5.32 Å². The number of phenolic OH excluding ortho intramolecular Hbond substituents is 1. The molecule has 2 aromatic rings. The van der Waals surface area contributed by atoms with E-state index in [0.717, 1.165) is 11.3 Å². The predicted molar refractivity (Wildman–Crippen MR) is 74.5 cm³/mol. The van der Waals surface area contributed by atoms with Gasteiger partial charge in [-0.25, -0.2) is 4.98 Å². The minimum atomic E-state index is -0.362. The molecule has 0 spiro atoms. The molecule has 1 aromatic heterocycles. The van der Waals surface area contributed by atoms with Crippen molar-refractivity contribution in [2.75, 3.05) is 5.32 Å². The van der Waals surface area contributed by atoms with Gasteiger partial charge in [-0.15, -0.1) is 0 Å². The highest BCUT2D eigenvalue weighted by atomic mass is 16.3. The van der Waals surface area contributed by atoms with E-state index in [4.69, 9.17) is 0 Å². The van der Waals surface area contributed by atoms with E-state index in [1.54, 1.807) is 31.2 Å². The van der Waals surface area contributed by atoms with Gasteiger partial charge in [0, 0.05) is 5.69 Å². The maximum absolute atomic E-state index is 12.1. The monoisotopic (exact) mass is 256 g/mol. The number of hydrogen-bond donors (Lipinski definition) is 2. The Morgan fingerprint density at radius 2 is 1.95 bits per heavy atom. The standard InChI is InChI=1S/C15H16N2O2/c1-9-7-11(3)16-13(8-9)17-15(19)12-6-4-5-10(2)14(12)18/h4-8,18H,1-3H3,(H,16,17,19). The molecule has 1 heterocycles. The third-order valence-electron chi connectivity index (χ3n) is 2.82. The molecule has 2 rings (SSSR count). The van der Waals surface area contributed by atoms with E-state index in [2.05, 4.69) is 10.3 Å². The van der Waals surface area contributed by atoms with Crippen molar-refractivity contribution in [3.05, 3.63) is 52.7 Å². The van der Waals surface area contributed by atoms with Crippen LogP contribution in [0.15, 0.2) is 30.3 Å². The van der Waals surface area contributed by atoms with Crippen LogP contribution in [0, 0.1) is 20.8 Å². The Morgan fingerprint density at radius 1 is 1.21 bits per heavy atom. The average molecular weight is 256 g/mol. The summed E-state index contributed by atoms with van der Waals surface area (Å²) in [5.74, 6) is 0.131. The number of aromatic nitrogens is 1. The van der Waals surface area contributed by atoms with E-state index in [1.807, 2.05) is 19.9 Å². The van der Waals surface area contributed by atoms with E-state index in [0.29, 0.717) is 11.4 Å². The Morgan fingerprint density at radius 3 is 2.63 bits per heavy atom. The number of nitrogens with one attached hydrogen (secondary N) is 1. The molecule has 0 fully saturated rings. The van der Waals surface area contributed by atoms with Crippen LogP contribution in [0.4, 0.5) is 5.82 Å². The van der Waals surface area contributed by atoms with E-state index in [9.17, 15) is 9.90 Å². The first kappa shape index (κ1) is 13.1. The predicted octanol–water partition coefficient (Wildman–Crippen LogP) is 2.96. The lowest BCUT2D eigenvalue weighted by Gasteiger charge is -2.09. The summed E-state index contributed by atoms with van der Waals surface area (Å²) in [6.07, 6.45) is 0. The van der Waals surface area contributed by atoms with Gasteiger partial charge in [0.25, 0.3) is 5.91 Å². The second-order valence-corrected chi connectivity index (χ2v) is 4.60. The highest BCUT2D eigenvalue weighted by Crippen LogP contribution is 2.22. The maximum Gasteiger partial charge on any atom is 0.260 e. The van der Waals surface area contributed by atoms with Crippen molar-refractivity contribution in [1.82, 2.24) is 4.98 Å². The van der Waals surface area contributed by atoms with Gasteiger partial charge in [-0.05, 0) is 50.1 Å². The molecule has 98 valence electrons. The smallest absolute Gasteiger partial charge is 0.260 e. The van der Waals surface area contributed by atoms with Crippen LogP contribution >= 0.6 is 0 Å². The molecular weight excluding hydrogens is 240 g/mol. The number of carbonyl (C=O) groups is 1. The van der Waals surface area contributed by atoms with Gasteiger partial charge in [-0.2, -0.15) is 0 Å². The fraction of sp³-hybridized carbons (Fsp3) is 0.200. The van der Waals surface area contributed by atoms with Crippen LogP contribution in [0.5, 0.6) is 5.75 Å². The Balaban J connectivity index is 2.28. The lowest BCUT2D eigenvalue weighted by atomic mass is 10.1. The highest BCUT2D eigenvalue weighted by molar-refractivity contribution is 6.05. The fourth-order valence-corrected chi connectivity index (χ4v) is 1.93. The molecule has 1 amide bonds. The molecule has 0 bridgehead atoms. The van der Waals surface area contributed by atoms with E-state index in [1.165, 1.54) is 0 Å². The van der Waals surface area contributed by atoms with Crippen molar-refractivity contribution in [3.8, 4) is 5.75 Å². The zero-order chi connectivity index (χ0) is 14.0. The van der Waals surface area contributed by atoms with E-state index >= 15 is 0 Å². The van der Waals surface area contributed by atoms with Crippen molar-refractivity contribution in [2.45, 2.75) is 20.8 Å². The van der Waals surface area contributed by atoms with E-state index < -0.39 is 0 Å². The first-order valence-electron chi connectivity index (χ1n) is 6.02. The van der Waals surface area contributed by atoms with Gasteiger partial charge in [0.05, 0.1) is 5.56 Å². The topological polar surface area (TPSA) is 62.2 Å². The molecule has 4 nitrogen and oxygen atoms in total. The average Bonchev–Trinajstić information content (AvgIpc) is 2.31. The van der Waals surface area contributed by atoms with Gasteiger partial charge in [-0.3, -0.25) is 4.79 Å². The number of benzene rings is 1. The highest BCUT2D eigenvalue weighted by Gasteiger charge is 2.13. The fourth-order valence-electron chi connectivity index (χ4n) is 1.93. The normalized spacial score (nSPS) is 10.3. The molecule has 0 radical (unpaired) electrons. The van der Waals surface area contributed by atoms with Crippen LogP contribution in [0.2, 0.25) is 0 Å². The Kier molecular flexibility index (Phi) is 3.51.